The number of thiazole rings is 1. The summed E-state index contributed by atoms with van der Waals surface area (Å²) in [7, 11) is 1.64. The van der Waals surface area contributed by atoms with Crippen molar-refractivity contribution in [2.24, 2.45) is 10.8 Å². The number of carbonyl (C=O) groups is 2. The molecule has 0 saturated carbocycles. The third-order valence-electron chi connectivity index (χ3n) is 5.57. The van der Waals surface area contributed by atoms with Gasteiger partial charge in [0.1, 0.15) is 0 Å². The molecule has 1 heterocycles. The van der Waals surface area contributed by atoms with Crippen molar-refractivity contribution in [3.63, 3.8) is 0 Å². The van der Waals surface area contributed by atoms with Crippen LogP contribution in [-0.4, -0.2) is 29.9 Å². The van der Waals surface area contributed by atoms with Gasteiger partial charge in [-0.2, -0.15) is 0 Å². The van der Waals surface area contributed by atoms with Crippen molar-refractivity contribution in [2.75, 3.05) is 17.7 Å². The number of amides is 2. The summed E-state index contributed by atoms with van der Waals surface area (Å²) in [5, 5.41) is 9.76. The molecule has 0 bridgehead atoms. The lowest BCUT2D eigenvalue weighted by molar-refractivity contribution is -0.120. The number of aryl methyl sites for hydroxylation is 3. The van der Waals surface area contributed by atoms with Crippen LogP contribution in [-0.2, 0) is 28.9 Å². The zero-order chi connectivity index (χ0) is 24.8. The van der Waals surface area contributed by atoms with E-state index in [0.29, 0.717) is 24.0 Å². The van der Waals surface area contributed by atoms with Gasteiger partial charge in [0.15, 0.2) is 5.13 Å². The van der Waals surface area contributed by atoms with E-state index >= 15 is 0 Å². The summed E-state index contributed by atoms with van der Waals surface area (Å²) in [6, 6.07) is 8.96. The summed E-state index contributed by atoms with van der Waals surface area (Å²) in [5.41, 5.74) is 3.59. The molecule has 0 radical (unpaired) electrons. The molecule has 0 unspecified atom stereocenters. The summed E-state index contributed by atoms with van der Waals surface area (Å²) in [5.74, 6) is -0.137. The maximum absolute atomic E-state index is 11.7. The van der Waals surface area contributed by atoms with Gasteiger partial charge in [0.05, 0.1) is 5.69 Å². The predicted molar refractivity (Wildman–Crippen MR) is 139 cm³/mol. The fourth-order valence-corrected chi connectivity index (χ4v) is 5.31. The number of hydrogen-bond donors (Lipinski definition) is 3. The van der Waals surface area contributed by atoms with Gasteiger partial charge in [-0.05, 0) is 47.8 Å². The molecule has 1 aromatic heterocycles. The van der Waals surface area contributed by atoms with E-state index in [1.165, 1.54) is 23.8 Å². The van der Waals surface area contributed by atoms with Gasteiger partial charge >= 0.3 is 0 Å². The van der Waals surface area contributed by atoms with Crippen LogP contribution in [0, 0.1) is 10.8 Å². The van der Waals surface area contributed by atoms with Crippen LogP contribution >= 0.6 is 11.3 Å². The first-order chi connectivity index (χ1) is 15.3. The van der Waals surface area contributed by atoms with Crippen molar-refractivity contribution in [3.8, 4) is 0 Å². The molecule has 0 aliphatic carbocycles. The van der Waals surface area contributed by atoms with Crippen LogP contribution in [0.2, 0.25) is 0 Å². The maximum Gasteiger partial charge on any atom is 0.223 e. The SMILES string of the molecule is CNC(=O)CCc1sc(NC(C)=O)nc1CCc1ccc(NC(C(C)(C)C)C(C)(C)C)cc1. The number of aromatic nitrogens is 1. The Morgan fingerprint density at radius 1 is 0.970 bits per heavy atom. The highest BCUT2D eigenvalue weighted by Gasteiger charge is 2.34. The van der Waals surface area contributed by atoms with Gasteiger partial charge in [0.2, 0.25) is 11.8 Å². The van der Waals surface area contributed by atoms with E-state index in [4.69, 9.17) is 0 Å². The number of benzene rings is 1. The predicted octanol–water partition coefficient (Wildman–Crippen LogP) is 5.44. The van der Waals surface area contributed by atoms with E-state index in [1.54, 1.807) is 7.05 Å². The third-order valence-corrected chi connectivity index (χ3v) is 6.64. The summed E-state index contributed by atoms with van der Waals surface area (Å²) in [6.07, 6.45) is 2.64. The second-order valence-corrected chi connectivity index (χ2v) is 11.8. The van der Waals surface area contributed by atoms with Crippen molar-refractivity contribution in [3.05, 3.63) is 40.4 Å². The molecule has 0 fully saturated rings. The van der Waals surface area contributed by atoms with Crippen molar-refractivity contribution in [2.45, 2.75) is 80.2 Å². The molecule has 2 amide bonds. The molecule has 33 heavy (non-hydrogen) atoms. The summed E-state index contributed by atoms with van der Waals surface area (Å²) < 4.78 is 0. The quantitative estimate of drug-likeness (QED) is 0.454. The fraction of sp³-hybridized carbons (Fsp3) is 0.577. The van der Waals surface area contributed by atoms with Crippen LogP contribution < -0.4 is 16.0 Å². The Kier molecular flexibility index (Phi) is 9.06. The minimum absolute atomic E-state index is 0.00216. The van der Waals surface area contributed by atoms with Gasteiger partial charge in [-0.3, -0.25) is 9.59 Å². The lowest BCUT2D eigenvalue weighted by Gasteiger charge is -2.42. The first-order valence-corrected chi connectivity index (χ1v) is 12.4. The highest BCUT2D eigenvalue weighted by atomic mass is 32.1. The number of nitrogens with one attached hydrogen (secondary N) is 3. The number of hydrogen-bond acceptors (Lipinski definition) is 5. The van der Waals surface area contributed by atoms with Crippen LogP contribution in [0.3, 0.4) is 0 Å². The maximum atomic E-state index is 11.7. The fourth-order valence-electron chi connectivity index (χ4n) is 4.26. The largest absolute Gasteiger partial charge is 0.381 e. The van der Waals surface area contributed by atoms with E-state index in [2.05, 4.69) is 86.7 Å². The van der Waals surface area contributed by atoms with Gasteiger partial charge in [-0.1, -0.05) is 53.7 Å². The molecule has 3 N–H and O–H groups in total. The smallest absolute Gasteiger partial charge is 0.223 e. The molecular formula is C26H40N4O2S. The van der Waals surface area contributed by atoms with Crippen molar-refractivity contribution < 1.29 is 9.59 Å². The Labute approximate surface area is 203 Å². The zero-order valence-corrected chi connectivity index (χ0v) is 22.2. The van der Waals surface area contributed by atoms with Gasteiger partial charge in [0.25, 0.3) is 0 Å². The molecule has 1 aromatic carbocycles. The highest BCUT2D eigenvalue weighted by Crippen LogP contribution is 2.36. The lowest BCUT2D eigenvalue weighted by atomic mass is 9.72. The topological polar surface area (TPSA) is 83.1 Å². The highest BCUT2D eigenvalue weighted by molar-refractivity contribution is 7.15. The van der Waals surface area contributed by atoms with E-state index in [1.807, 2.05) is 0 Å². The number of carbonyl (C=O) groups excluding carboxylic acids is 2. The van der Waals surface area contributed by atoms with Crippen LogP contribution in [0.1, 0.15) is 71.0 Å². The first-order valence-electron chi connectivity index (χ1n) is 11.6. The summed E-state index contributed by atoms with van der Waals surface area (Å²) in [4.78, 5) is 28.8. The molecule has 6 nitrogen and oxygen atoms in total. The first kappa shape index (κ1) is 26.8. The van der Waals surface area contributed by atoms with Crippen molar-refractivity contribution in [1.82, 2.24) is 10.3 Å². The van der Waals surface area contributed by atoms with Crippen LogP contribution in [0.25, 0.3) is 0 Å². The van der Waals surface area contributed by atoms with Gasteiger partial charge < -0.3 is 16.0 Å². The van der Waals surface area contributed by atoms with E-state index in [-0.39, 0.29) is 22.6 Å². The Bertz CT molecular complexity index is 923. The Morgan fingerprint density at radius 3 is 2.09 bits per heavy atom. The third kappa shape index (κ3) is 8.46. The minimum Gasteiger partial charge on any atom is -0.381 e. The monoisotopic (exact) mass is 472 g/mol. The number of anilines is 2. The minimum atomic E-state index is -0.139. The standard InChI is InChI=1S/C26H40N4O2S/c1-17(31)28-24-30-20(21(33-24)15-16-22(32)27-8)14-11-18-9-12-19(13-10-18)29-23(25(2,3)4)26(5,6)7/h9-10,12-13,23,29H,11,14-16H2,1-8H3,(H,27,32)(H,28,30,31). The summed E-state index contributed by atoms with van der Waals surface area (Å²) >= 11 is 1.46. The number of rotatable bonds is 9. The Balaban J connectivity index is 2.09. The average molecular weight is 473 g/mol. The molecule has 0 spiro atoms. The van der Waals surface area contributed by atoms with E-state index < -0.39 is 0 Å². The molecular weight excluding hydrogens is 432 g/mol. The molecule has 182 valence electrons. The van der Waals surface area contributed by atoms with E-state index in [9.17, 15) is 9.59 Å². The second-order valence-electron chi connectivity index (χ2n) is 10.7. The van der Waals surface area contributed by atoms with Crippen molar-refractivity contribution in [1.29, 1.82) is 0 Å². The molecule has 2 aromatic rings. The number of nitrogens with zero attached hydrogens (tertiary/aromatic N) is 1. The Hall–Kier alpha value is -2.41. The van der Waals surface area contributed by atoms with Crippen LogP contribution in [0.5, 0.6) is 0 Å². The molecule has 7 heteroatoms. The Morgan fingerprint density at radius 2 is 1.58 bits per heavy atom. The average Bonchev–Trinajstić information content (AvgIpc) is 3.08. The van der Waals surface area contributed by atoms with Gasteiger partial charge in [-0.15, -0.1) is 11.3 Å². The molecule has 0 aliphatic rings. The molecule has 0 saturated heterocycles. The van der Waals surface area contributed by atoms with Gasteiger partial charge in [-0.25, -0.2) is 4.98 Å². The van der Waals surface area contributed by atoms with E-state index in [0.717, 1.165) is 29.1 Å². The zero-order valence-electron chi connectivity index (χ0n) is 21.4. The normalized spacial score (nSPS) is 12.0. The van der Waals surface area contributed by atoms with Crippen LogP contribution in [0.4, 0.5) is 10.8 Å². The molecule has 0 aliphatic heterocycles. The summed E-state index contributed by atoms with van der Waals surface area (Å²) in [6.45, 7) is 15.1. The second kappa shape index (κ2) is 11.1. The van der Waals surface area contributed by atoms with Crippen molar-refractivity contribution >= 4 is 34.0 Å². The molecule has 0 atom stereocenters. The van der Waals surface area contributed by atoms with Gasteiger partial charge in [0, 0.05) is 37.0 Å². The van der Waals surface area contributed by atoms with Crippen LogP contribution in [0.15, 0.2) is 24.3 Å². The lowest BCUT2D eigenvalue weighted by Crippen LogP contribution is -2.44. The molecule has 2 rings (SSSR count).